The van der Waals surface area contributed by atoms with Crippen molar-refractivity contribution in [3.63, 3.8) is 0 Å². The van der Waals surface area contributed by atoms with Crippen LogP contribution in [0.3, 0.4) is 0 Å². The zero-order valence-electron chi connectivity index (χ0n) is 20.5. The average molecular weight is 470 g/mol. The van der Waals surface area contributed by atoms with Crippen LogP contribution in [0.4, 0.5) is 0 Å². The first-order valence-electron chi connectivity index (χ1n) is 12.4. The highest BCUT2D eigenvalue weighted by Crippen LogP contribution is 2.65. The third-order valence-electron chi connectivity index (χ3n) is 8.66. The predicted octanol–water partition coefficient (Wildman–Crippen LogP) is 1.77. The first kappa shape index (κ1) is 23.7. The maximum absolute atomic E-state index is 13.3. The standard InChI is InChI=1S/C24H35BN4O5/c1-23(2)15-10-18(23)24(3)19(11-15)33-25(34-24)20(9-14-5-6-14)29-22(31)17(13-32-4)28-21(30)16-12-26-7-8-27-16/h7-8,12,14-15,17-20H,5-6,9-11,13H2,1-4H3,(H,28,30)(H,29,31)/t15-,17+,18-,19+,20-,24-/m0/s1. The number of hydrogen-bond acceptors (Lipinski definition) is 7. The van der Waals surface area contributed by atoms with Crippen molar-refractivity contribution >= 4 is 18.9 Å². The summed E-state index contributed by atoms with van der Waals surface area (Å²) in [5.41, 5.74) is 0.0704. The molecule has 2 bridgehead atoms. The fourth-order valence-electron chi connectivity index (χ4n) is 6.30. The molecule has 5 fully saturated rings. The van der Waals surface area contributed by atoms with Gasteiger partial charge in [-0.25, -0.2) is 4.98 Å². The van der Waals surface area contributed by atoms with Crippen molar-refractivity contribution in [2.45, 2.75) is 76.6 Å². The van der Waals surface area contributed by atoms with Gasteiger partial charge in [0.1, 0.15) is 11.7 Å². The minimum atomic E-state index is -0.868. The van der Waals surface area contributed by atoms with Crippen molar-refractivity contribution < 1.29 is 23.6 Å². The van der Waals surface area contributed by atoms with Crippen molar-refractivity contribution in [3.05, 3.63) is 24.3 Å². The molecule has 0 unspecified atom stereocenters. The quantitative estimate of drug-likeness (QED) is 0.529. The molecule has 0 spiro atoms. The largest absolute Gasteiger partial charge is 0.481 e. The summed E-state index contributed by atoms with van der Waals surface area (Å²) in [5.74, 6) is 0.610. The van der Waals surface area contributed by atoms with E-state index in [-0.39, 0.29) is 41.3 Å². The minimum absolute atomic E-state index is 0.0403. The molecule has 2 heterocycles. The van der Waals surface area contributed by atoms with Crippen molar-refractivity contribution in [2.24, 2.45) is 23.2 Å². The van der Waals surface area contributed by atoms with Gasteiger partial charge in [0, 0.05) is 19.5 Å². The first-order valence-corrected chi connectivity index (χ1v) is 12.4. The number of rotatable bonds is 9. The summed E-state index contributed by atoms with van der Waals surface area (Å²) in [4.78, 5) is 33.8. The minimum Gasteiger partial charge on any atom is -0.404 e. The Hall–Kier alpha value is -2.04. The maximum atomic E-state index is 13.3. The van der Waals surface area contributed by atoms with Crippen LogP contribution < -0.4 is 10.6 Å². The molecule has 2 N–H and O–H groups in total. The van der Waals surface area contributed by atoms with Crippen LogP contribution in [0.2, 0.25) is 0 Å². The molecule has 1 aromatic rings. The normalized spacial score (nSPS) is 32.8. The molecule has 6 atom stereocenters. The highest BCUT2D eigenvalue weighted by molar-refractivity contribution is 6.48. The lowest BCUT2D eigenvalue weighted by Crippen LogP contribution is -2.65. The van der Waals surface area contributed by atoms with Crippen LogP contribution >= 0.6 is 0 Å². The number of amides is 2. The van der Waals surface area contributed by atoms with Crippen LogP contribution in [-0.2, 0) is 18.8 Å². The molecule has 10 heteroatoms. The van der Waals surface area contributed by atoms with Gasteiger partial charge in [0.15, 0.2) is 0 Å². The van der Waals surface area contributed by atoms with Gasteiger partial charge in [-0.1, -0.05) is 26.7 Å². The van der Waals surface area contributed by atoms with Crippen molar-refractivity contribution in [3.8, 4) is 0 Å². The van der Waals surface area contributed by atoms with Gasteiger partial charge >= 0.3 is 7.12 Å². The van der Waals surface area contributed by atoms with Crippen LogP contribution in [0.1, 0.15) is 63.4 Å². The van der Waals surface area contributed by atoms with Crippen molar-refractivity contribution in [2.75, 3.05) is 13.7 Å². The molecule has 1 saturated heterocycles. The number of ether oxygens (including phenoxy) is 1. The van der Waals surface area contributed by atoms with E-state index >= 15 is 0 Å². The van der Waals surface area contributed by atoms with Gasteiger partial charge in [0.05, 0.1) is 30.4 Å². The Labute approximate surface area is 201 Å². The van der Waals surface area contributed by atoms with Gasteiger partial charge in [-0.05, 0) is 49.4 Å². The van der Waals surface area contributed by atoms with Crippen molar-refractivity contribution in [1.82, 2.24) is 20.6 Å². The Morgan fingerprint density at radius 3 is 2.68 bits per heavy atom. The summed E-state index contributed by atoms with van der Waals surface area (Å²) in [5, 5.41) is 5.85. The van der Waals surface area contributed by atoms with Gasteiger partial charge in [-0.15, -0.1) is 0 Å². The topological polar surface area (TPSA) is 112 Å². The first-order chi connectivity index (χ1) is 16.2. The van der Waals surface area contributed by atoms with E-state index in [1.807, 2.05) is 0 Å². The zero-order chi connectivity index (χ0) is 24.1. The van der Waals surface area contributed by atoms with Gasteiger partial charge in [-0.2, -0.15) is 0 Å². The Morgan fingerprint density at radius 1 is 1.24 bits per heavy atom. The summed E-state index contributed by atoms with van der Waals surface area (Å²) < 4.78 is 18.3. The van der Waals surface area contributed by atoms with Gasteiger partial charge in [-0.3, -0.25) is 14.6 Å². The molecule has 1 aliphatic heterocycles. The molecular formula is C24H35BN4O5. The van der Waals surface area contributed by atoms with E-state index in [0.717, 1.165) is 25.7 Å². The fraction of sp³-hybridized carbons (Fsp3) is 0.750. The highest BCUT2D eigenvalue weighted by atomic mass is 16.7. The monoisotopic (exact) mass is 470 g/mol. The molecule has 0 radical (unpaired) electrons. The molecule has 184 valence electrons. The maximum Gasteiger partial charge on any atom is 0.481 e. The highest BCUT2D eigenvalue weighted by Gasteiger charge is 2.68. The lowest BCUT2D eigenvalue weighted by atomic mass is 9.43. The Bertz CT molecular complexity index is 929. The Balaban J connectivity index is 1.28. The van der Waals surface area contributed by atoms with Crippen LogP contribution in [-0.4, -0.2) is 66.3 Å². The summed E-state index contributed by atoms with van der Waals surface area (Å²) in [7, 11) is 1.01. The Kier molecular flexibility index (Phi) is 6.19. The number of aromatic nitrogens is 2. The van der Waals surface area contributed by atoms with Crippen LogP contribution in [0, 0.1) is 23.2 Å². The molecule has 0 aromatic carbocycles. The Morgan fingerprint density at radius 2 is 2.03 bits per heavy atom. The number of hydrogen-bond donors (Lipinski definition) is 2. The van der Waals surface area contributed by atoms with Crippen LogP contribution in [0.15, 0.2) is 18.6 Å². The summed E-state index contributed by atoms with van der Waals surface area (Å²) in [6.07, 6.45) is 9.64. The van der Waals surface area contributed by atoms with E-state index in [2.05, 4.69) is 41.4 Å². The van der Waals surface area contributed by atoms with Crippen LogP contribution in [0.25, 0.3) is 0 Å². The van der Waals surface area contributed by atoms with Gasteiger partial charge < -0.3 is 24.7 Å². The second-order valence-corrected chi connectivity index (χ2v) is 11.2. The lowest BCUT2D eigenvalue weighted by Gasteiger charge is -2.64. The molecule has 4 aliphatic carbocycles. The predicted molar refractivity (Wildman–Crippen MR) is 125 cm³/mol. The van der Waals surface area contributed by atoms with Crippen molar-refractivity contribution in [1.29, 1.82) is 0 Å². The zero-order valence-corrected chi connectivity index (χ0v) is 20.5. The van der Waals surface area contributed by atoms with E-state index in [0.29, 0.717) is 17.8 Å². The molecule has 6 rings (SSSR count). The van der Waals surface area contributed by atoms with E-state index in [1.165, 1.54) is 32.1 Å². The van der Waals surface area contributed by atoms with E-state index in [4.69, 9.17) is 14.0 Å². The molecule has 34 heavy (non-hydrogen) atoms. The number of nitrogens with one attached hydrogen (secondary N) is 2. The summed E-state index contributed by atoms with van der Waals surface area (Å²) in [6.45, 7) is 6.90. The third kappa shape index (κ3) is 4.24. The second kappa shape index (κ2) is 8.88. The van der Waals surface area contributed by atoms with Gasteiger partial charge in [0.2, 0.25) is 5.91 Å². The van der Waals surface area contributed by atoms with E-state index in [9.17, 15) is 9.59 Å². The van der Waals surface area contributed by atoms with E-state index < -0.39 is 19.1 Å². The molecule has 5 aliphatic rings. The molecular weight excluding hydrogens is 435 g/mol. The number of methoxy groups -OCH3 is 1. The third-order valence-corrected chi connectivity index (χ3v) is 8.66. The summed E-state index contributed by atoms with van der Waals surface area (Å²) in [6, 6.07) is -0.868. The number of carbonyl (C=O) groups is 2. The lowest BCUT2D eigenvalue weighted by molar-refractivity contribution is -0.199. The smallest absolute Gasteiger partial charge is 0.404 e. The SMILES string of the molecule is COC[C@@H](NC(=O)c1cnccn1)C(=O)N[C@@H](CC1CC1)B1O[C@@H]2C[C@@H]3C[C@@H](C3(C)C)[C@]2(C)O1. The second-order valence-electron chi connectivity index (χ2n) is 11.2. The molecule has 4 saturated carbocycles. The number of carbonyl (C=O) groups excluding carboxylic acids is 2. The van der Waals surface area contributed by atoms with Gasteiger partial charge in [0.25, 0.3) is 5.91 Å². The van der Waals surface area contributed by atoms with E-state index in [1.54, 1.807) is 0 Å². The molecule has 2 amide bonds. The average Bonchev–Trinajstić information content (AvgIpc) is 3.56. The molecule has 9 nitrogen and oxygen atoms in total. The summed E-state index contributed by atoms with van der Waals surface area (Å²) >= 11 is 0. The molecule has 1 aromatic heterocycles. The number of nitrogens with zero attached hydrogens (tertiary/aromatic N) is 2. The fourth-order valence-corrected chi connectivity index (χ4v) is 6.30. The van der Waals surface area contributed by atoms with Crippen LogP contribution in [0.5, 0.6) is 0 Å².